The monoisotopic (exact) mass is 522 g/mol. The topological polar surface area (TPSA) is 61.4 Å². The molecule has 2 aromatic carbocycles. The van der Waals surface area contributed by atoms with Gasteiger partial charge in [0.2, 0.25) is 11.5 Å². The maximum atomic E-state index is 13.7. The van der Waals surface area contributed by atoms with Gasteiger partial charge >= 0.3 is 18.5 Å². The Labute approximate surface area is 191 Å². The van der Waals surface area contributed by atoms with Crippen LogP contribution in [0.5, 0.6) is 0 Å². The predicted molar refractivity (Wildman–Crippen MR) is 104 cm³/mol. The van der Waals surface area contributed by atoms with Crippen LogP contribution < -0.4 is 10.6 Å². The average molecular weight is 523 g/mol. The van der Waals surface area contributed by atoms with Crippen LogP contribution in [0.25, 0.3) is 0 Å². The molecule has 0 spiro atoms. The van der Waals surface area contributed by atoms with Crippen molar-refractivity contribution in [1.29, 1.82) is 0 Å². The molecule has 4 nitrogen and oxygen atoms in total. The third-order valence-corrected chi connectivity index (χ3v) is 4.88. The van der Waals surface area contributed by atoms with E-state index in [1.54, 1.807) is 0 Å². The number of anilines is 1. The largest absolute Gasteiger partial charge is 0.423 e. The summed E-state index contributed by atoms with van der Waals surface area (Å²) in [5.41, 5.74) is -8.93. The number of carbonyl (C=O) groups is 1. The lowest BCUT2D eigenvalue weighted by Gasteiger charge is -2.32. The number of rotatable bonds is 6. The summed E-state index contributed by atoms with van der Waals surface area (Å²) in [6, 6.07) is 3.20. The minimum Gasteiger partial charge on any atom is -0.381 e. The molecule has 0 unspecified atom stereocenters. The second kappa shape index (κ2) is 9.53. The van der Waals surface area contributed by atoms with Crippen LogP contribution in [0.2, 0.25) is 5.02 Å². The van der Waals surface area contributed by atoms with Crippen molar-refractivity contribution < 1.29 is 49.4 Å². The van der Waals surface area contributed by atoms with Crippen LogP contribution in [0.3, 0.4) is 0 Å². The quantitative estimate of drug-likeness (QED) is 0.416. The molecule has 0 aliphatic rings. The van der Waals surface area contributed by atoms with E-state index < -0.39 is 70.5 Å². The van der Waals surface area contributed by atoms with Crippen LogP contribution in [-0.4, -0.2) is 23.7 Å². The zero-order valence-corrected chi connectivity index (χ0v) is 17.8. The SMILES string of the molecule is CC(=O)NCc1ccc(NC[C@@](O)(c2cc(Cl)cc(C(F)(F)F)c2)C(F)(F)F)cc1C(F)(F)F. The molecule has 0 aliphatic carbocycles. The van der Waals surface area contributed by atoms with Crippen LogP contribution in [0.15, 0.2) is 36.4 Å². The molecule has 1 atom stereocenters. The first kappa shape index (κ1) is 27.6. The summed E-state index contributed by atoms with van der Waals surface area (Å²) in [6.45, 7) is -0.975. The number of aliphatic hydroxyl groups is 1. The van der Waals surface area contributed by atoms with Gasteiger partial charge in [-0.3, -0.25) is 4.79 Å². The van der Waals surface area contributed by atoms with Gasteiger partial charge in [0.25, 0.3) is 0 Å². The summed E-state index contributed by atoms with van der Waals surface area (Å²) in [6.07, 6.45) is -15.6. The molecule has 188 valence electrons. The third-order valence-electron chi connectivity index (χ3n) is 4.66. The third kappa shape index (κ3) is 6.47. The zero-order chi connectivity index (χ0) is 26.1. The fourth-order valence-electron chi connectivity index (χ4n) is 2.91. The Morgan fingerprint density at radius 1 is 0.912 bits per heavy atom. The minimum absolute atomic E-state index is 0.0543. The fourth-order valence-corrected chi connectivity index (χ4v) is 3.15. The Morgan fingerprint density at radius 2 is 1.50 bits per heavy atom. The molecular formula is C20H16ClF9N2O2. The molecule has 0 fully saturated rings. The van der Waals surface area contributed by atoms with Gasteiger partial charge < -0.3 is 15.7 Å². The molecule has 34 heavy (non-hydrogen) atoms. The first-order chi connectivity index (χ1) is 15.3. The highest BCUT2D eigenvalue weighted by molar-refractivity contribution is 6.30. The summed E-state index contributed by atoms with van der Waals surface area (Å²) >= 11 is 5.52. The number of hydrogen-bond acceptors (Lipinski definition) is 3. The van der Waals surface area contributed by atoms with Gasteiger partial charge in [-0.15, -0.1) is 0 Å². The van der Waals surface area contributed by atoms with Gasteiger partial charge in [-0.25, -0.2) is 0 Å². The zero-order valence-electron chi connectivity index (χ0n) is 17.0. The van der Waals surface area contributed by atoms with Crippen LogP contribution in [0.1, 0.15) is 29.2 Å². The molecule has 0 aromatic heterocycles. The first-order valence-corrected chi connectivity index (χ1v) is 9.58. The van der Waals surface area contributed by atoms with E-state index in [-0.39, 0.29) is 11.6 Å². The standard InChI is InChI=1S/C20H16ClF9N2O2/c1-10(33)31-8-11-2-3-15(7-16(11)19(25,26)27)32-9-17(34,20(28,29)30)12-4-13(18(22,23)24)6-14(21)5-12/h2-7,32,34H,8-9H2,1H3,(H,31,33)/t17-/m1/s1. The van der Waals surface area contributed by atoms with Crippen molar-refractivity contribution in [2.24, 2.45) is 0 Å². The van der Waals surface area contributed by atoms with Gasteiger partial charge in [-0.2, -0.15) is 39.5 Å². The van der Waals surface area contributed by atoms with Gasteiger partial charge in [0.15, 0.2) is 0 Å². The smallest absolute Gasteiger partial charge is 0.381 e. The number of amides is 1. The Hall–Kier alpha value is -2.67. The summed E-state index contributed by atoms with van der Waals surface area (Å²) in [7, 11) is 0. The molecule has 0 saturated carbocycles. The number of hydrogen-bond donors (Lipinski definition) is 3. The van der Waals surface area contributed by atoms with Crippen molar-refractivity contribution in [3.8, 4) is 0 Å². The van der Waals surface area contributed by atoms with Crippen molar-refractivity contribution in [3.05, 3.63) is 63.7 Å². The minimum atomic E-state index is -5.54. The number of alkyl halides is 9. The van der Waals surface area contributed by atoms with Crippen LogP contribution >= 0.6 is 11.6 Å². The van der Waals surface area contributed by atoms with Crippen LogP contribution in [-0.2, 0) is 29.3 Å². The molecular weight excluding hydrogens is 507 g/mol. The summed E-state index contributed by atoms with van der Waals surface area (Å²) in [5.74, 6) is -0.620. The molecule has 0 aliphatic heterocycles. The molecule has 1 amide bonds. The van der Waals surface area contributed by atoms with Crippen molar-refractivity contribution in [1.82, 2.24) is 5.32 Å². The van der Waals surface area contributed by atoms with E-state index in [2.05, 4.69) is 5.32 Å². The summed E-state index contributed by atoms with van der Waals surface area (Å²) in [5, 5.41) is 13.8. The van der Waals surface area contributed by atoms with E-state index in [1.807, 2.05) is 5.32 Å². The highest BCUT2D eigenvalue weighted by Gasteiger charge is 2.55. The Morgan fingerprint density at radius 3 is 2.00 bits per heavy atom. The predicted octanol–water partition coefficient (Wildman–Crippen LogP) is 5.88. The van der Waals surface area contributed by atoms with E-state index in [0.29, 0.717) is 18.2 Å². The second-order valence-corrected chi connectivity index (χ2v) is 7.65. The van der Waals surface area contributed by atoms with Gasteiger partial charge in [-0.05, 0) is 41.5 Å². The molecule has 2 rings (SSSR count). The van der Waals surface area contributed by atoms with E-state index >= 15 is 0 Å². The van der Waals surface area contributed by atoms with E-state index in [4.69, 9.17) is 11.6 Å². The van der Waals surface area contributed by atoms with Gasteiger partial charge in [0.1, 0.15) is 0 Å². The summed E-state index contributed by atoms with van der Waals surface area (Å²) in [4.78, 5) is 11.0. The first-order valence-electron chi connectivity index (χ1n) is 9.20. The summed E-state index contributed by atoms with van der Waals surface area (Å²) < 4.78 is 120. The van der Waals surface area contributed by atoms with E-state index in [9.17, 15) is 49.4 Å². The van der Waals surface area contributed by atoms with Gasteiger partial charge in [0, 0.05) is 24.2 Å². The lowest BCUT2D eigenvalue weighted by atomic mass is 9.91. The number of nitrogens with one attached hydrogen (secondary N) is 2. The van der Waals surface area contributed by atoms with Gasteiger partial charge in [0.05, 0.1) is 17.7 Å². The maximum absolute atomic E-state index is 13.7. The lowest BCUT2D eigenvalue weighted by Crippen LogP contribution is -2.48. The molecule has 0 radical (unpaired) electrons. The number of carbonyl (C=O) groups excluding carboxylic acids is 1. The fraction of sp³-hybridized carbons (Fsp3) is 0.350. The average Bonchev–Trinajstić information content (AvgIpc) is 2.68. The van der Waals surface area contributed by atoms with E-state index in [0.717, 1.165) is 19.1 Å². The lowest BCUT2D eigenvalue weighted by molar-refractivity contribution is -0.260. The van der Waals surface area contributed by atoms with Crippen molar-refractivity contribution in [3.63, 3.8) is 0 Å². The van der Waals surface area contributed by atoms with Crippen LogP contribution in [0, 0.1) is 0 Å². The molecule has 3 N–H and O–H groups in total. The molecule has 0 saturated heterocycles. The Balaban J connectivity index is 2.45. The second-order valence-electron chi connectivity index (χ2n) is 7.22. The highest BCUT2D eigenvalue weighted by Crippen LogP contribution is 2.43. The number of benzene rings is 2. The van der Waals surface area contributed by atoms with Crippen molar-refractivity contribution in [2.75, 3.05) is 11.9 Å². The van der Waals surface area contributed by atoms with Crippen molar-refractivity contribution >= 4 is 23.2 Å². The molecule has 0 heterocycles. The van der Waals surface area contributed by atoms with E-state index in [1.165, 1.54) is 0 Å². The molecule has 0 bridgehead atoms. The molecule has 2 aromatic rings. The van der Waals surface area contributed by atoms with Crippen molar-refractivity contribution in [2.45, 2.75) is 37.6 Å². The maximum Gasteiger partial charge on any atom is 0.423 e. The Bertz CT molecular complexity index is 1050. The van der Waals surface area contributed by atoms with Crippen LogP contribution in [0.4, 0.5) is 45.2 Å². The normalized spacial score (nSPS) is 14.5. The Kier molecular flexibility index (Phi) is 7.73. The molecule has 14 heteroatoms. The highest BCUT2D eigenvalue weighted by atomic mass is 35.5. The van der Waals surface area contributed by atoms with Gasteiger partial charge in [-0.1, -0.05) is 17.7 Å². The number of halogens is 10.